The number of carboxylic acid groups (broad SMARTS) is 1. The summed E-state index contributed by atoms with van der Waals surface area (Å²) in [6.45, 7) is 9.12. The summed E-state index contributed by atoms with van der Waals surface area (Å²) in [6.07, 6.45) is 9.69. The van der Waals surface area contributed by atoms with Gasteiger partial charge in [0.2, 0.25) is 0 Å². The molecular formula is C17H36O3Sn. The maximum absolute atomic E-state index is 9.64. The van der Waals surface area contributed by atoms with Gasteiger partial charge in [-0.25, -0.2) is 0 Å². The van der Waals surface area contributed by atoms with Crippen LogP contribution in [0.3, 0.4) is 0 Å². The minimum atomic E-state index is -1.15. The summed E-state index contributed by atoms with van der Waals surface area (Å²) >= 11 is -0.839. The first-order valence-electron chi connectivity index (χ1n) is 8.73. The molecule has 0 spiro atoms. The van der Waals surface area contributed by atoms with Gasteiger partial charge in [0, 0.05) is 6.61 Å². The SMILES string of the molecule is CCCOCC(=O)[O-].CCC[CH2][Sn+]([CH2]CCC)[CH2]CCC. The second-order valence-electron chi connectivity index (χ2n) is 5.49. The summed E-state index contributed by atoms with van der Waals surface area (Å²) in [5.74, 6) is -1.15. The standard InChI is InChI=1S/C5H10O3.3C4H9.Sn/c1-2-3-8-4-5(6)7;3*1-3-4-2;/h2-4H2,1H3,(H,6,7);3*1,3-4H2,2H3;/q;;;;+1/p-1. The van der Waals surface area contributed by atoms with Gasteiger partial charge in [-0.1, -0.05) is 6.92 Å². The summed E-state index contributed by atoms with van der Waals surface area (Å²) in [6, 6.07) is 0. The number of rotatable bonds is 13. The van der Waals surface area contributed by atoms with Gasteiger partial charge in [-0.15, -0.1) is 0 Å². The van der Waals surface area contributed by atoms with Crippen LogP contribution < -0.4 is 5.11 Å². The zero-order chi connectivity index (χ0) is 16.3. The van der Waals surface area contributed by atoms with Crippen molar-refractivity contribution in [2.75, 3.05) is 13.2 Å². The minimum absolute atomic E-state index is 0.284. The normalized spacial score (nSPS) is 9.90. The molecule has 0 rings (SSSR count). The molecule has 0 aromatic heterocycles. The number of carbonyl (C=O) groups excluding carboxylic acids is 1. The van der Waals surface area contributed by atoms with E-state index in [1.807, 2.05) is 6.92 Å². The van der Waals surface area contributed by atoms with E-state index in [2.05, 4.69) is 25.5 Å². The van der Waals surface area contributed by atoms with Crippen molar-refractivity contribution in [1.82, 2.24) is 0 Å². The van der Waals surface area contributed by atoms with Crippen molar-refractivity contribution in [2.45, 2.75) is 86.0 Å². The molecule has 0 amide bonds. The Morgan fingerprint density at radius 3 is 1.57 bits per heavy atom. The van der Waals surface area contributed by atoms with Crippen LogP contribution in [0.2, 0.25) is 13.3 Å². The molecule has 0 unspecified atom stereocenters. The van der Waals surface area contributed by atoms with E-state index in [1.165, 1.54) is 38.5 Å². The number of hydrogen-bond donors (Lipinski definition) is 0. The number of aliphatic carboxylic acids is 1. The van der Waals surface area contributed by atoms with Gasteiger partial charge in [0.15, 0.2) is 0 Å². The van der Waals surface area contributed by atoms with Crippen molar-refractivity contribution in [3.63, 3.8) is 0 Å². The van der Waals surface area contributed by atoms with Crippen LogP contribution in [0.4, 0.5) is 0 Å². The van der Waals surface area contributed by atoms with Crippen LogP contribution in [0.15, 0.2) is 0 Å². The van der Waals surface area contributed by atoms with Gasteiger partial charge < -0.3 is 14.6 Å². The van der Waals surface area contributed by atoms with Crippen LogP contribution in [0.5, 0.6) is 0 Å². The van der Waals surface area contributed by atoms with E-state index < -0.39 is 25.7 Å². The van der Waals surface area contributed by atoms with Gasteiger partial charge in [-0.05, 0) is 6.42 Å². The van der Waals surface area contributed by atoms with E-state index in [9.17, 15) is 9.90 Å². The average Bonchev–Trinajstić information content (AvgIpc) is 2.47. The predicted octanol–water partition coefficient (Wildman–Crippen LogP) is 4.04. The molecule has 0 bridgehead atoms. The molecule has 0 aromatic carbocycles. The Hall–Kier alpha value is 0.229. The van der Waals surface area contributed by atoms with Crippen LogP contribution in [-0.2, 0) is 9.53 Å². The molecule has 0 radical (unpaired) electrons. The summed E-state index contributed by atoms with van der Waals surface area (Å²) in [5, 5.41) is 9.64. The molecule has 4 heteroatoms. The van der Waals surface area contributed by atoms with Crippen molar-refractivity contribution < 1.29 is 14.6 Å². The van der Waals surface area contributed by atoms with Gasteiger partial charge in [-0.2, -0.15) is 0 Å². The third-order valence-electron chi connectivity index (χ3n) is 3.22. The first kappa shape index (κ1) is 23.5. The Morgan fingerprint density at radius 1 is 0.857 bits per heavy atom. The Balaban J connectivity index is 0. The Morgan fingerprint density at radius 2 is 1.29 bits per heavy atom. The topological polar surface area (TPSA) is 49.4 Å². The first-order chi connectivity index (χ1) is 10.1. The van der Waals surface area contributed by atoms with Crippen molar-refractivity contribution in [3.05, 3.63) is 0 Å². The molecular weight excluding hydrogens is 371 g/mol. The van der Waals surface area contributed by atoms with Crippen LogP contribution in [0.1, 0.15) is 72.6 Å². The molecule has 0 atom stereocenters. The fraction of sp³-hybridized carbons (Fsp3) is 0.941. The zero-order valence-corrected chi connectivity index (χ0v) is 17.6. The number of carboxylic acids is 1. The van der Waals surface area contributed by atoms with Crippen LogP contribution in [0, 0.1) is 0 Å². The molecule has 0 fully saturated rings. The first-order valence-corrected chi connectivity index (χ1v) is 14.8. The van der Waals surface area contributed by atoms with E-state index in [0.29, 0.717) is 6.61 Å². The Bertz CT molecular complexity index is 191. The predicted molar refractivity (Wildman–Crippen MR) is 91.0 cm³/mol. The van der Waals surface area contributed by atoms with Gasteiger partial charge in [0.05, 0.1) is 12.6 Å². The summed E-state index contributed by atoms with van der Waals surface area (Å²) in [7, 11) is 0. The fourth-order valence-electron chi connectivity index (χ4n) is 1.96. The van der Waals surface area contributed by atoms with E-state index >= 15 is 0 Å². The molecule has 0 aromatic rings. The van der Waals surface area contributed by atoms with Crippen LogP contribution in [0.25, 0.3) is 0 Å². The van der Waals surface area contributed by atoms with Crippen molar-refractivity contribution in [2.24, 2.45) is 0 Å². The molecule has 0 heterocycles. The van der Waals surface area contributed by atoms with E-state index in [4.69, 9.17) is 0 Å². The number of unbranched alkanes of at least 4 members (excludes halogenated alkanes) is 3. The van der Waals surface area contributed by atoms with Crippen molar-refractivity contribution >= 4 is 25.7 Å². The maximum atomic E-state index is 9.64. The molecule has 0 aliphatic carbocycles. The molecule has 21 heavy (non-hydrogen) atoms. The second kappa shape index (κ2) is 20.2. The van der Waals surface area contributed by atoms with Crippen LogP contribution in [-0.4, -0.2) is 38.9 Å². The van der Waals surface area contributed by atoms with Crippen molar-refractivity contribution in [1.29, 1.82) is 0 Å². The van der Waals surface area contributed by atoms with Crippen LogP contribution >= 0.6 is 0 Å². The third-order valence-corrected chi connectivity index (χ3v) is 12.3. The molecule has 0 aliphatic rings. The van der Waals surface area contributed by atoms with E-state index in [-0.39, 0.29) is 6.61 Å². The number of hydrogen-bond acceptors (Lipinski definition) is 3. The number of ether oxygens (including phenoxy) is 1. The molecule has 0 saturated heterocycles. The molecule has 0 saturated carbocycles. The summed E-state index contributed by atoms with van der Waals surface area (Å²) in [5.41, 5.74) is 0. The van der Waals surface area contributed by atoms with E-state index in [0.717, 1.165) is 6.42 Å². The Labute approximate surface area is 139 Å². The molecule has 0 aliphatic heterocycles. The monoisotopic (exact) mass is 408 g/mol. The third kappa shape index (κ3) is 22.6. The van der Waals surface area contributed by atoms with Crippen molar-refractivity contribution in [3.8, 4) is 0 Å². The number of carbonyl (C=O) groups is 1. The molecule has 0 N–H and O–H groups in total. The zero-order valence-electron chi connectivity index (χ0n) is 14.7. The summed E-state index contributed by atoms with van der Waals surface area (Å²) < 4.78 is 9.62. The van der Waals surface area contributed by atoms with Gasteiger partial charge in [0.25, 0.3) is 0 Å². The second-order valence-corrected chi connectivity index (χ2v) is 14.0. The van der Waals surface area contributed by atoms with E-state index in [1.54, 1.807) is 13.3 Å². The summed E-state index contributed by atoms with van der Waals surface area (Å²) in [4.78, 5) is 9.64. The van der Waals surface area contributed by atoms with Gasteiger partial charge >= 0.3 is 92.4 Å². The fourth-order valence-corrected chi connectivity index (χ4v) is 11.4. The van der Waals surface area contributed by atoms with Gasteiger partial charge in [0.1, 0.15) is 0 Å². The quantitative estimate of drug-likeness (QED) is 0.342. The molecule has 126 valence electrons. The average molecular weight is 407 g/mol. The molecule has 3 nitrogen and oxygen atoms in total. The Kier molecular flexibility index (Phi) is 22.6. The van der Waals surface area contributed by atoms with Gasteiger partial charge in [-0.3, -0.25) is 0 Å².